The van der Waals surface area contributed by atoms with Crippen LogP contribution in [0.4, 0.5) is 4.79 Å². The largest absolute Gasteiger partial charge is 0.463 e. The Kier molecular flexibility index (Phi) is 7.29. The standard InChI is InChI=1S/C29H26ClN3O8S/c30-17-41-27(35)20-14-23(39-16-20)19-4-1-3-18(13-19)15-40-28(36)32-25-8-12-33(29(25)9-10-29)42(37,38)24-6-2-5-22-21(24)7-11-31-26(22)34/h1-7,11,13-14,16,25H,8-10,12,15,17H2,(H,31,34)(H,32,36). The zero-order valence-electron chi connectivity index (χ0n) is 22.2. The van der Waals surface area contributed by atoms with Gasteiger partial charge in [0.1, 0.15) is 18.6 Å². The van der Waals surface area contributed by atoms with Crippen LogP contribution in [-0.2, 0) is 26.1 Å². The van der Waals surface area contributed by atoms with Gasteiger partial charge in [-0.05, 0) is 55.2 Å². The van der Waals surface area contributed by atoms with Crippen LogP contribution < -0.4 is 10.9 Å². The van der Waals surface area contributed by atoms with Gasteiger partial charge in [-0.2, -0.15) is 4.31 Å². The van der Waals surface area contributed by atoms with Crippen LogP contribution in [0.5, 0.6) is 0 Å². The monoisotopic (exact) mass is 611 g/mol. The van der Waals surface area contributed by atoms with Gasteiger partial charge in [-0.3, -0.25) is 4.79 Å². The topological polar surface area (TPSA) is 148 Å². The summed E-state index contributed by atoms with van der Waals surface area (Å²) in [6.45, 7) is 0.201. The quantitative estimate of drug-likeness (QED) is 0.221. The van der Waals surface area contributed by atoms with Crippen LogP contribution in [0.2, 0.25) is 0 Å². The molecule has 2 aromatic carbocycles. The molecule has 2 fully saturated rings. The van der Waals surface area contributed by atoms with Crippen LogP contribution in [0.15, 0.2) is 81.2 Å². The number of carbonyl (C=O) groups is 2. The van der Waals surface area contributed by atoms with E-state index in [1.165, 1.54) is 28.9 Å². The zero-order valence-corrected chi connectivity index (χ0v) is 23.7. The molecule has 2 aliphatic rings. The number of fused-ring (bicyclic) bond motifs is 1. The summed E-state index contributed by atoms with van der Waals surface area (Å²) in [6.07, 6.45) is 3.70. The molecule has 1 aliphatic carbocycles. The number of halogens is 1. The number of nitrogens with zero attached hydrogens (tertiary/aromatic N) is 1. The normalized spacial score (nSPS) is 17.8. The van der Waals surface area contributed by atoms with Gasteiger partial charge in [-0.25, -0.2) is 18.0 Å². The molecule has 1 aliphatic heterocycles. The molecule has 1 spiro atoms. The summed E-state index contributed by atoms with van der Waals surface area (Å²) in [5.41, 5.74) is 0.489. The fourth-order valence-electron chi connectivity index (χ4n) is 5.61. The van der Waals surface area contributed by atoms with Gasteiger partial charge in [0.05, 0.1) is 22.0 Å². The number of hydrogen-bond donors (Lipinski definition) is 2. The number of ether oxygens (including phenoxy) is 2. The Morgan fingerprint density at radius 1 is 1.10 bits per heavy atom. The van der Waals surface area contributed by atoms with E-state index in [0.717, 1.165) is 0 Å². The van der Waals surface area contributed by atoms with Crippen molar-refractivity contribution in [3.63, 3.8) is 0 Å². The maximum absolute atomic E-state index is 13.8. The van der Waals surface area contributed by atoms with E-state index in [4.69, 9.17) is 25.5 Å². The first-order valence-electron chi connectivity index (χ1n) is 13.2. The van der Waals surface area contributed by atoms with Gasteiger partial charge in [0, 0.05) is 29.1 Å². The van der Waals surface area contributed by atoms with Gasteiger partial charge in [0.2, 0.25) is 10.0 Å². The molecule has 42 heavy (non-hydrogen) atoms. The minimum atomic E-state index is -3.95. The number of carbonyl (C=O) groups excluding carboxylic acids is 2. The maximum atomic E-state index is 13.8. The minimum absolute atomic E-state index is 0.0339. The molecule has 1 amide bonds. The number of hydrogen-bond acceptors (Lipinski definition) is 8. The molecule has 11 nitrogen and oxygen atoms in total. The molecule has 4 aromatic rings. The van der Waals surface area contributed by atoms with Crippen molar-refractivity contribution in [2.24, 2.45) is 0 Å². The van der Waals surface area contributed by atoms with E-state index < -0.39 is 33.7 Å². The second-order valence-electron chi connectivity index (χ2n) is 10.2. The third-order valence-corrected chi connectivity index (χ3v) is 9.91. The Hall–Kier alpha value is -4.13. The fourth-order valence-corrected chi connectivity index (χ4v) is 7.79. The van der Waals surface area contributed by atoms with Crippen molar-refractivity contribution in [3.8, 4) is 11.3 Å². The molecule has 218 valence electrons. The highest BCUT2D eigenvalue weighted by atomic mass is 35.5. The number of pyridine rings is 1. The minimum Gasteiger partial charge on any atom is -0.463 e. The smallest absolute Gasteiger partial charge is 0.407 e. The molecular formula is C29H26ClN3O8S. The molecule has 0 bridgehead atoms. The summed E-state index contributed by atoms with van der Waals surface area (Å²) in [5.74, 6) is -0.170. The molecule has 2 aromatic heterocycles. The maximum Gasteiger partial charge on any atom is 0.407 e. The van der Waals surface area contributed by atoms with Crippen molar-refractivity contribution >= 4 is 44.5 Å². The molecule has 1 atom stereocenters. The number of furan rings is 1. The van der Waals surface area contributed by atoms with E-state index in [-0.39, 0.29) is 35.2 Å². The average Bonchev–Trinajstić information content (AvgIpc) is 3.46. The van der Waals surface area contributed by atoms with E-state index in [1.807, 2.05) is 0 Å². The number of aromatic amines is 1. The highest BCUT2D eigenvalue weighted by molar-refractivity contribution is 7.89. The summed E-state index contributed by atoms with van der Waals surface area (Å²) in [6, 6.07) is 14.2. The van der Waals surface area contributed by atoms with Crippen molar-refractivity contribution in [1.82, 2.24) is 14.6 Å². The number of rotatable bonds is 8. The van der Waals surface area contributed by atoms with Crippen LogP contribution in [0.1, 0.15) is 35.2 Å². The van der Waals surface area contributed by atoms with E-state index >= 15 is 0 Å². The summed E-state index contributed by atoms with van der Waals surface area (Å²) in [4.78, 5) is 39.5. The molecule has 1 saturated heterocycles. The molecule has 2 N–H and O–H groups in total. The first-order valence-corrected chi connectivity index (χ1v) is 15.2. The predicted molar refractivity (Wildman–Crippen MR) is 152 cm³/mol. The number of alkyl carbamates (subject to hydrolysis) is 1. The van der Waals surface area contributed by atoms with Crippen molar-refractivity contribution in [1.29, 1.82) is 0 Å². The number of aromatic nitrogens is 1. The third-order valence-electron chi connectivity index (χ3n) is 7.77. The van der Waals surface area contributed by atoms with Crippen LogP contribution in [0.3, 0.4) is 0 Å². The number of benzene rings is 2. The Labute approximate surface area is 245 Å². The third kappa shape index (κ3) is 5.06. The van der Waals surface area contributed by atoms with Crippen molar-refractivity contribution in [3.05, 3.63) is 88.5 Å². The van der Waals surface area contributed by atoms with Crippen LogP contribution in [0, 0.1) is 0 Å². The lowest BCUT2D eigenvalue weighted by molar-refractivity contribution is 0.0573. The van der Waals surface area contributed by atoms with Crippen molar-refractivity contribution in [2.75, 3.05) is 12.6 Å². The molecule has 13 heteroatoms. The highest BCUT2D eigenvalue weighted by Crippen LogP contribution is 2.52. The second kappa shape index (κ2) is 10.9. The molecule has 0 radical (unpaired) electrons. The summed E-state index contributed by atoms with van der Waals surface area (Å²) in [5, 5.41) is 3.53. The molecular weight excluding hydrogens is 586 g/mol. The first-order chi connectivity index (χ1) is 20.2. The van der Waals surface area contributed by atoms with Crippen LogP contribution >= 0.6 is 11.6 Å². The lowest BCUT2D eigenvalue weighted by Gasteiger charge is -2.28. The number of alkyl halides is 1. The number of H-pyrrole nitrogens is 1. The van der Waals surface area contributed by atoms with E-state index in [9.17, 15) is 22.8 Å². The summed E-state index contributed by atoms with van der Waals surface area (Å²) >= 11 is 5.44. The second-order valence-corrected chi connectivity index (χ2v) is 12.3. The Morgan fingerprint density at radius 2 is 1.90 bits per heavy atom. The molecule has 3 heterocycles. The number of nitrogens with one attached hydrogen (secondary N) is 2. The number of esters is 1. The van der Waals surface area contributed by atoms with Gasteiger partial charge in [-0.15, -0.1) is 0 Å². The SMILES string of the molecule is O=C(NC1CCN(S(=O)(=O)c2cccc3c(=O)[nH]ccc23)C12CC2)OCc1cccc(-c2cc(C(=O)OCCl)co2)c1. The van der Waals surface area contributed by atoms with Crippen LogP contribution in [0.25, 0.3) is 22.1 Å². The lowest BCUT2D eigenvalue weighted by atomic mass is 10.1. The Balaban J connectivity index is 1.12. The Bertz CT molecular complexity index is 1850. The lowest BCUT2D eigenvalue weighted by Crippen LogP contribution is -2.48. The van der Waals surface area contributed by atoms with Crippen molar-refractivity contribution in [2.45, 2.75) is 42.3 Å². The van der Waals surface area contributed by atoms with Gasteiger partial charge < -0.3 is 24.2 Å². The van der Waals surface area contributed by atoms with Gasteiger partial charge in [-0.1, -0.05) is 35.9 Å². The van der Waals surface area contributed by atoms with E-state index in [1.54, 1.807) is 42.5 Å². The summed E-state index contributed by atoms with van der Waals surface area (Å²) in [7, 11) is -3.95. The highest BCUT2D eigenvalue weighted by Gasteiger charge is 2.62. The molecule has 1 saturated carbocycles. The van der Waals surface area contributed by atoms with E-state index in [2.05, 4.69) is 10.3 Å². The fraction of sp³-hybridized carbons (Fsp3) is 0.276. The predicted octanol–water partition coefficient (Wildman–Crippen LogP) is 4.36. The average molecular weight is 612 g/mol. The Morgan fingerprint density at radius 3 is 2.69 bits per heavy atom. The molecule has 1 unspecified atom stereocenters. The van der Waals surface area contributed by atoms with Gasteiger partial charge in [0.15, 0.2) is 6.07 Å². The van der Waals surface area contributed by atoms with Crippen LogP contribution in [-0.4, -0.2) is 54.0 Å². The number of amides is 1. The molecule has 6 rings (SSSR count). The summed E-state index contributed by atoms with van der Waals surface area (Å²) < 4.78 is 44.8. The van der Waals surface area contributed by atoms with Gasteiger partial charge in [0.25, 0.3) is 5.56 Å². The zero-order chi connectivity index (χ0) is 29.5. The van der Waals surface area contributed by atoms with Crippen molar-refractivity contribution < 1.29 is 31.9 Å². The van der Waals surface area contributed by atoms with E-state index in [0.29, 0.717) is 46.9 Å². The van der Waals surface area contributed by atoms with Gasteiger partial charge >= 0.3 is 12.1 Å². The number of sulfonamides is 1. The first kappa shape index (κ1) is 28.0.